The maximum Gasteiger partial charge on any atom is 0.300 e. The summed E-state index contributed by atoms with van der Waals surface area (Å²) in [5, 5.41) is 21.1. The Morgan fingerprint density at radius 1 is 0.900 bits per heavy atom. The lowest BCUT2D eigenvalue weighted by atomic mass is 9.95. The van der Waals surface area contributed by atoms with Crippen LogP contribution >= 0.6 is 11.6 Å². The van der Waals surface area contributed by atoms with Gasteiger partial charge in [0, 0.05) is 16.3 Å². The summed E-state index contributed by atoms with van der Waals surface area (Å²) in [6.07, 6.45) is 0. The molecule has 1 aliphatic heterocycles. The lowest BCUT2D eigenvalue weighted by Crippen LogP contribution is -2.29. The number of anilines is 1. The van der Waals surface area contributed by atoms with Gasteiger partial charge in [0.05, 0.1) is 11.6 Å². The largest absolute Gasteiger partial charge is 0.508 e. The van der Waals surface area contributed by atoms with E-state index in [2.05, 4.69) is 0 Å². The van der Waals surface area contributed by atoms with Gasteiger partial charge in [0.15, 0.2) is 0 Å². The van der Waals surface area contributed by atoms with Gasteiger partial charge < -0.3 is 10.2 Å². The van der Waals surface area contributed by atoms with Crippen LogP contribution in [0.25, 0.3) is 5.76 Å². The summed E-state index contributed by atoms with van der Waals surface area (Å²) in [6.45, 7) is 1.92. The number of phenols is 1. The van der Waals surface area contributed by atoms with Crippen LogP contribution in [-0.4, -0.2) is 21.9 Å². The molecule has 6 heteroatoms. The lowest BCUT2D eigenvalue weighted by Gasteiger charge is -2.25. The van der Waals surface area contributed by atoms with E-state index in [0.717, 1.165) is 5.56 Å². The first-order valence-electron chi connectivity index (χ1n) is 9.29. The average molecular weight is 420 g/mol. The molecule has 0 aliphatic carbocycles. The standard InChI is InChI=1S/C24H18ClNO4/c1-14-2-4-16(5-3-14)22(28)20-21(15-6-8-17(25)9-7-15)26(24(30)23(20)29)18-10-12-19(27)13-11-18/h2-13,21,27-28H,1H3. The number of hydrogen-bond acceptors (Lipinski definition) is 4. The van der Waals surface area contributed by atoms with Gasteiger partial charge in [-0.15, -0.1) is 0 Å². The minimum atomic E-state index is -0.840. The first-order valence-corrected chi connectivity index (χ1v) is 9.67. The fourth-order valence-electron chi connectivity index (χ4n) is 3.54. The lowest BCUT2D eigenvalue weighted by molar-refractivity contribution is -0.132. The third kappa shape index (κ3) is 3.44. The Labute approximate surface area is 178 Å². The van der Waals surface area contributed by atoms with Gasteiger partial charge in [-0.3, -0.25) is 14.5 Å². The number of phenolic OH excluding ortho intramolecular Hbond substituents is 1. The Bertz CT molecular complexity index is 1150. The van der Waals surface area contributed by atoms with Crippen molar-refractivity contribution in [3.63, 3.8) is 0 Å². The van der Waals surface area contributed by atoms with Crippen LogP contribution in [0.1, 0.15) is 22.7 Å². The highest BCUT2D eigenvalue weighted by Crippen LogP contribution is 2.42. The zero-order chi connectivity index (χ0) is 21.4. The molecule has 1 fully saturated rings. The van der Waals surface area contributed by atoms with Crippen molar-refractivity contribution in [1.29, 1.82) is 0 Å². The average Bonchev–Trinajstić information content (AvgIpc) is 3.00. The molecular formula is C24H18ClNO4. The van der Waals surface area contributed by atoms with Crippen molar-refractivity contribution < 1.29 is 19.8 Å². The van der Waals surface area contributed by atoms with Crippen molar-refractivity contribution in [1.82, 2.24) is 0 Å². The van der Waals surface area contributed by atoms with Gasteiger partial charge in [-0.2, -0.15) is 0 Å². The number of Topliss-reactive ketones (excluding diaryl/α,β-unsaturated/α-hetero) is 1. The molecule has 1 heterocycles. The maximum absolute atomic E-state index is 13.0. The van der Waals surface area contributed by atoms with E-state index in [9.17, 15) is 19.8 Å². The second-order valence-electron chi connectivity index (χ2n) is 7.10. The smallest absolute Gasteiger partial charge is 0.300 e. The third-order valence-corrected chi connectivity index (χ3v) is 5.34. The third-order valence-electron chi connectivity index (χ3n) is 5.08. The van der Waals surface area contributed by atoms with Crippen molar-refractivity contribution in [2.45, 2.75) is 13.0 Å². The molecule has 1 atom stereocenters. The predicted molar refractivity (Wildman–Crippen MR) is 116 cm³/mol. The molecule has 0 aromatic heterocycles. The molecule has 0 bridgehead atoms. The van der Waals surface area contributed by atoms with E-state index in [0.29, 0.717) is 21.8 Å². The number of ketones is 1. The molecule has 0 spiro atoms. The van der Waals surface area contributed by atoms with Crippen molar-refractivity contribution in [3.8, 4) is 5.75 Å². The summed E-state index contributed by atoms with van der Waals surface area (Å²) < 4.78 is 0. The van der Waals surface area contributed by atoms with Gasteiger partial charge in [-0.1, -0.05) is 53.6 Å². The van der Waals surface area contributed by atoms with Crippen LogP contribution in [0.4, 0.5) is 5.69 Å². The Morgan fingerprint density at radius 2 is 1.50 bits per heavy atom. The molecule has 1 unspecified atom stereocenters. The van der Waals surface area contributed by atoms with Crippen LogP contribution < -0.4 is 4.90 Å². The highest BCUT2D eigenvalue weighted by atomic mass is 35.5. The molecule has 3 aromatic rings. The Morgan fingerprint density at radius 3 is 2.10 bits per heavy atom. The zero-order valence-electron chi connectivity index (χ0n) is 16.0. The summed E-state index contributed by atoms with van der Waals surface area (Å²) in [6, 6.07) is 19.0. The second kappa shape index (κ2) is 7.69. The molecule has 1 amide bonds. The number of nitrogens with zero attached hydrogens (tertiary/aromatic N) is 1. The zero-order valence-corrected chi connectivity index (χ0v) is 16.8. The number of aliphatic hydroxyl groups excluding tert-OH is 1. The van der Waals surface area contributed by atoms with E-state index in [4.69, 9.17) is 11.6 Å². The topological polar surface area (TPSA) is 77.8 Å². The first kappa shape index (κ1) is 19.7. The van der Waals surface area contributed by atoms with E-state index >= 15 is 0 Å². The molecule has 1 aliphatic rings. The van der Waals surface area contributed by atoms with Gasteiger partial charge in [-0.05, 0) is 48.9 Å². The van der Waals surface area contributed by atoms with Gasteiger partial charge >= 0.3 is 0 Å². The molecule has 2 N–H and O–H groups in total. The molecule has 1 saturated heterocycles. The fourth-order valence-corrected chi connectivity index (χ4v) is 3.67. The fraction of sp³-hybridized carbons (Fsp3) is 0.0833. The van der Waals surface area contributed by atoms with Gasteiger partial charge in [0.2, 0.25) is 0 Å². The number of aliphatic hydroxyl groups is 1. The van der Waals surface area contributed by atoms with Crippen LogP contribution in [0.2, 0.25) is 5.02 Å². The molecule has 3 aromatic carbocycles. The highest BCUT2D eigenvalue weighted by molar-refractivity contribution is 6.51. The second-order valence-corrected chi connectivity index (χ2v) is 7.54. The number of amides is 1. The van der Waals surface area contributed by atoms with Crippen LogP contribution in [-0.2, 0) is 9.59 Å². The number of carbonyl (C=O) groups excluding carboxylic acids is 2. The number of hydrogen-bond donors (Lipinski definition) is 2. The van der Waals surface area contributed by atoms with Gasteiger partial charge in [0.25, 0.3) is 11.7 Å². The Balaban J connectivity index is 1.93. The van der Waals surface area contributed by atoms with E-state index in [1.807, 2.05) is 19.1 Å². The van der Waals surface area contributed by atoms with E-state index in [1.54, 1.807) is 48.5 Å². The van der Waals surface area contributed by atoms with Crippen molar-refractivity contribution in [3.05, 3.63) is 100 Å². The minimum absolute atomic E-state index is 0.000694. The normalized spacial score (nSPS) is 18.1. The van der Waals surface area contributed by atoms with Crippen molar-refractivity contribution in [2.24, 2.45) is 0 Å². The minimum Gasteiger partial charge on any atom is -0.508 e. The van der Waals surface area contributed by atoms with Crippen LogP contribution in [0.3, 0.4) is 0 Å². The summed E-state index contributed by atoms with van der Waals surface area (Å²) in [7, 11) is 0. The summed E-state index contributed by atoms with van der Waals surface area (Å²) in [5.41, 5.74) is 2.51. The molecule has 5 nitrogen and oxygen atoms in total. The van der Waals surface area contributed by atoms with E-state index in [-0.39, 0.29) is 17.1 Å². The maximum atomic E-state index is 13.0. The number of aromatic hydroxyl groups is 1. The van der Waals surface area contributed by atoms with Crippen LogP contribution in [0.5, 0.6) is 5.75 Å². The molecule has 150 valence electrons. The van der Waals surface area contributed by atoms with Crippen molar-refractivity contribution in [2.75, 3.05) is 4.90 Å². The number of halogens is 1. The SMILES string of the molecule is Cc1ccc(C(O)=C2C(=O)C(=O)N(c3ccc(O)cc3)C2c2ccc(Cl)cc2)cc1. The van der Waals surface area contributed by atoms with E-state index in [1.165, 1.54) is 17.0 Å². The molecule has 4 rings (SSSR count). The summed E-state index contributed by atoms with van der Waals surface area (Å²) in [5.74, 6) is -1.73. The molecule has 0 saturated carbocycles. The molecule has 0 radical (unpaired) electrons. The Hall–Kier alpha value is -3.57. The van der Waals surface area contributed by atoms with E-state index < -0.39 is 17.7 Å². The molecular weight excluding hydrogens is 402 g/mol. The Kier molecular flexibility index (Phi) is 5.06. The summed E-state index contributed by atoms with van der Waals surface area (Å²) in [4.78, 5) is 27.3. The number of benzene rings is 3. The van der Waals surface area contributed by atoms with Gasteiger partial charge in [0.1, 0.15) is 11.5 Å². The quantitative estimate of drug-likeness (QED) is 0.356. The monoisotopic (exact) mass is 419 g/mol. The van der Waals surface area contributed by atoms with Gasteiger partial charge in [-0.25, -0.2) is 0 Å². The first-order chi connectivity index (χ1) is 14.4. The predicted octanol–water partition coefficient (Wildman–Crippen LogP) is 4.98. The van der Waals surface area contributed by atoms with Crippen LogP contribution in [0.15, 0.2) is 78.4 Å². The molecule has 30 heavy (non-hydrogen) atoms. The number of aryl methyl sites for hydroxylation is 1. The van der Waals surface area contributed by atoms with Crippen molar-refractivity contribution >= 4 is 34.7 Å². The summed E-state index contributed by atoms with van der Waals surface area (Å²) >= 11 is 6.02. The number of rotatable bonds is 3. The van der Waals surface area contributed by atoms with Crippen LogP contribution in [0, 0.1) is 6.92 Å². The highest BCUT2D eigenvalue weighted by Gasteiger charge is 2.46. The number of carbonyl (C=O) groups is 2.